The third-order valence-corrected chi connectivity index (χ3v) is 8.60. The van der Waals surface area contributed by atoms with Crippen molar-refractivity contribution in [3.05, 3.63) is 70.8 Å². The summed E-state index contributed by atoms with van der Waals surface area (Å²) >= 11 is 0. The van der Waals surface area contributed by atoms with Gasteiger partial charge in [-0.15, -0.1) is 0 Å². The summed E-state index contributed by atoms with van der Waals surface area (Å²) in [4.78, 5) is 0. The lowest BCUT2D eigenvalue weighted by Gasteiger charge is -2.28. The van der Waals surface area contributed by atoms with Crippen LogP contribution in [0.2, 0.25) is 0 Å². The van der Waals surface area contributed by atoms with Crippen LogP contribution in [0.3, 0.4) is 0 Å². The Kier molecular flexibility index (Phi) is 15.6. The molecule has 0 saturated heterocycles. The van der Waals surface area contributed by atoms with Crippen LogP contribution in [-0.2, 0) is 6.42 Å². The molecule has 0 amide bonds. The van der Waals surface area contributed by atoms with Gasteiger partial charge in [0.05, 0.1) is 0 Å². The number of unbranched alkanes of at least 4 members (excludes halogenated alkanes) is 10. The Morgan fingerprint density at radius 1 is 0.513 bits per heavy atom. The van der Waals surface area contributed by atoms with Crippen LogP contribution < -0.4 is 0 Å². The van der Waals surface area contributed by atoms with E-state index in [9.17, 15) is 0 Å². The number of hydrogen-bond acceptors (Lipinski definition) is 0. The Balaban J connectivity index is 1.32. The molecule has 0 N–H and O–H groups in total. The Labute approximate surface area is 241 Å². The monoisotopic (exact) mass is 522 g/mol. The van der Waals surface area contributed by atoms with Gasteiger partial charge < -0.3 is 0 Å². The van der Waals surface area contributed by atoms with E-state index >= 15 is 0 Å². The van der Waals surface area contributed by atoms with Gasteiger partial charge in [0.1, 0.15) is 0 Å². The van der Waals surface area contributed by atoms with Crippen LogP contribution in [0, 0.1) is 35.5 Å². The fraction of sp³-hybridized carbons (Fsp3) is 0.590. The standard InChI is InChI=1S/C39H54/c1-3-5-7-9-11-13-15-17-35-20-24-37(25-21-35)27-29-39-32-30-38(31-33-39)28-26-36-22-18-34(19-23-36)16-14-12-10-8-6-4-2/h20-21,24-25,30-34,36H,3-14,16,18-19,22-23,26,28H2,1-2H3/t34-,36-. The minimum Gasteiger partial charge on any atom is -0.0979 e. The van der Waals surface area contributed by atoms with Crippen LogP contribution in [0.15, 0.2) is 48.5 Å². The number of aryl methyl sites for hydroxylation is 1. The lowest BCUT2D eigenvalue weighted by Crippen LogP contribution is -2.15. The SMILES string of the molecule is CCCCCCCC#Cc1ccc(C#Cc2ccc(CC[C@H]3CC[C@H](CCCCCCCC)CC3)cc2)cc1. The highest BCUT2D eigenvalue weighted by Gasteiger charge is 2.20. The summed E-state index contributed by atoms with van der Waals surface area (Å²) in [6.07, 6.45) is 26.0. The molecule has 0 radical (unpaired) electrons. The van der Waals surface area contributed by atoms with Crippen molar-refractivity contribution in [2.24, 2.45) is 11.8 Å². The van der Waals surface area contributed by atoms with E-state index in [-0.39, 0.29) is 0 Å². The van der Waals surface area contributed by atoms with Gasteiger partial charge in [-0.1, -0.05) is 146 Å². The summed E-state index contributed by atoms with van der Waals surface area (Å²) in [5.41, 5.74) is 4.70. The molecule has 3 rings (SSSR count). The van der Waals surface area contributed by atoms with E-state index in [0.717, 1.165) is 34.9 Å². The molecular weight excluding hydrogens is 468 g/mol. The summed E-state index contributed by atoms with van der Waals surface area (Å²) in [5.74, 6) is 15.2. The van der Waals surface area contributed by atoms with Crippen molar-refractivity contribution in [2.45, 2.75) is 136 Å². The fourth-order valence-corrected chi connectivity index (χ4v) is 5.91. The van der Waals surface area contributed by atoms with Crippen LogP contribution in [-0.4, -0.2) is 0 Å². The highest BCUT2D eigenvalue weighted by molar-refractivity contribution is 5.46. The molecule has 0 heteroatoms. The van der Waals surface area contributed by atoms with E-state index in [2.05, 4.69) is 86.1 Å². The van der Waals surface area contributed by atoms with E-state index in [4.69, 9.17) is 0 Å². The average molecular weight is 523 g/mol. The molecule has 1 aliphatic rings. The van der Waals surface area contributed by atoms with Gasteiger partial charge in [-0.2, -0.15) is 0 Å². The molecule has 1 saturated carbocycles. The third kappa shape index (κ3) is 13.5. The van der Waals surface area contributed by atoms with Gasteiger partial charge in [-0.25, -0.2) is 0 Å². The quantitative estimate of drug-likeness (QED) is 0.161. The summed E-state index contributed by atoms with van der Waals surface area (Å²) in [6, 6.07) is 17.3. The van der Waals surface area contributed by atoms with Crippen LogP contribution >= 0.6 is 0 Å². The first-order chi connectivity index (χ1) is 19.3. The Bertz CT molecular complexity index is 1010. The molecule has 0 nitrogen and oxygen atoms in total. The van der Waals surface area contributed by atoms with Gasteiger partial charge >= 0.3 is 0 Å². The molecule has 2 aromatic rings. The maximum Gasteiger partial charge on any atom is 0.0249 e. The van der Waals surface area contributed by atoms with Gasteiger partial charge in [0.25, 0.3) is 0 Å². The molecule has 0 atom stereocenters. The lowest BCUT2D eigenvalue weighted by atomic mass is 9.77. The molecule has 0 bridgehead atoms. The molecule has 0 heterocycles. The molecule has 1 aliphatic carbocycles. The van der Waals surface area contributed by atoms with Crippen LogP contribution in [0.5, 0.6) is 0 Å². The van der Waals surface area contributed by atoms with Gasteiger partial charge in [0, 0.05) is 23.1 Å². The van der Waals surface area contributed by atoms with Gasteiger partial charge in [-0.3, -0.25) is 0 Å². The summed E-state index contributed by atoms with van der Waals surface area (Å²) in [5, 5.41) is 0. The third-order valence-electron chi connectivity index (χ3n) is 8.60. The van der Waals surface area contributed by atoms with E-state index in [1.165, 1.54) is 121 Å². The van der Waals surface area contributed by atoms with Crippen molar-refractivity contribution in [3.8, 4) is 23.7 Å². The molecule has 2 aromatic carbocycles. The first kappa shape index (κ1) is 31.1. The van der Waals surface area contributed by atoms with Gasteiger partial charge in [-0.05, 0) is 73.1 Å². The van der Waals surface area contributed by atoms with Crippen molar-refractivity contribution >= 4 is 0 Å². The molecule has 0 aromatic heterocycles. The smallest absolute Gasteiger partial charge is 0.0249 e. The molecule has 39 heavy (non-hydrogen) atoms. The minimum atomic E-state index is 0.934. The number of hydrogen-bond donors (Lipinski definition) is 0. The van der Waals surface area contributed by atoms with Crippen molar-refractivity contribution in [1.29, 1.82) is 0 Å². The number of benzene rings is 2. The molecule has 0 unspecified atom stereocenters. The van der Waals surface area contributed by atoms with Crippen LogP contribution in [0.25, 0.3) is 0 Å². The second-order valence-corrected chi connectivity index (χ2v) is 12.0. The van der Waals surface area contributed by atoms with Crippen LogP contribution in [0.1, 0.15) is 152 Å². The second kappa shape index (κ2) is 19.6. The van der Waals surface area contributed by atoms with E-state index in [1.54, 1.807) is 0 Å². The zero-order valence-corrected chi connectivity index (χ0v) is 25.2. The maximum atomic E-state index is 3.34. The predicted octanol–water partition coefficient (Wildman–Crippen LogP) is 11.3. The normalized spacial score (nSPS) is 16.7. The molecule has 1 fully saturated rings. The molecular formula is C39H54. The number of rotatable bonds is 15. The van der Waals surface area contributed by atoms with Crippen molar-refractivity contribution in [3.63, 3.8) is 0 Å². The minimum absolute atomic E-state index is 0.934. The summed E-state index contributed by atoms with van der Waals surface area (Å²) < 4.78 is 0. The van der Waals surface area contributed by atoms with E-state index in [1.807, 2.05) is 0 Å². The second-order valence-electron chi connectivity index (χ2n) is 12.0. The van der Waals surface area contributed by atoms with E-state index < -0.39 is 0 Å². The summed E-state index contributed by atoms with van der Waals surface area (Å²) in [6.45, 7) is 4.56. The topological polar surface area (TPSA) is 0 Å². The lowest BCUT2D eigenvalue weighted by molar-refractivity contribution is 0.248. The fourth-order valence-electron chi connectivity index (χ4n) is 5.91. The molecule has 0 aliphatic heterocycles. The van der Waals surface area contributed by atoms with Gasteiger partial charge in [0.15, 0.2) is 0 Å². The predicted molar refractivity (Wildman–Crippen MR) is 171 cm³/mol. The van der Waals surface area contributed by atoms with Crippen LogP contribution in [0.4, 0.5) is 0 Å². The highest BCUT2D eigenvalue weighted by Crippen LogP contribution is 2.34. The van der Waals surface area contributed by atoms with E-state index in [0.29, 0.717) is 0 Å². The Morgan fingerprint density at radius 2 is 0.974 bits per heavy atom. The first-order valence-corrected chi connectivity index (χ1v) is 16.5. The van der Waals surface area contributed by atoms with Crippen molar-refractivity contribution in [1.82, 2.24) is 0 Å². The zero-order valence-electron chi connectivity index (χ0n) is 25.2. The zero-order chi connectivity index (χ0) is 27.4. The maximum absolute atomic E-state index is 3.34. The van der Waals surface area contributed by atoms with Crippen molar-refractivity contribution in [2.75, 3.05) is 0 Å². The Hall–Kier alpha value is -2.44. The molecule has 0 spiro atoms. The largest absolute Gasteiger partial charge is 0.0979 e. The Morgan fingerprint density at radius 3 is 1.56 bits per heavy atom. The summed E-state index contributed by atoms with van der Waals surface area (Å²) in [7, 11) is 0. The van der Waals surface area contributed by atoms with Gasteiger partial charge in [0.2, 0.25) is 0 Å². The first-order valence-electron chi connectivity index (χ1n) is 16.5. The average Bonchev–Trinajstić information content (AvgIpc) is 2.98. The molecule has 210 valence electrons. The highest BCUT2D eigenvalue weighted by atomic mass is 14.3. The van der Waals surface area contributed by atoms with Crippen molar-refractivity contribution < 1.29 is 0 Å².